The first-order valence-electron chi connectivity index (χ1n) is 5.66. The number of hydrogen-bond acceptors (Lipinski definition) is 1. The molecule has 0 saturated heterocycles. The Labute approximate surface area is 119 Å². The molecule has 0 aliphatic heterocycles. The maximum Gasteiger partial charge on any atom is 0.149 e. The van der Waals surface area contributed by atoms with Crippen LogP contribution in [0, 0.1) is 5.82 Å². The molecule has 2 aromatic carbocycles. The second-order valence-electron chi connectivity index (χ2n) is 4.11. The molecule has 1 aromatic heterocycles. The Kier molecular flexibility index (Phi) is 3.13. The molecule has 0 radical (unpaired) electrons. The number of benzene rings is 2. The van der Waals surface area contributed by atoms with Gasteiger partial charge in [0.05, 0.1) is 15.7 Å². The van der Waals surface area contributed by atoms with Gasteiger partial charge in [0, 0.05) is 10.9 Å². The van der Waals surface area contributed by atoms with Crippen molar-refractivity contribution in [3.8, 4) is 11.3 Å². The lowest BCUT2D eigenvalue weighted by Gasteiger charge is -2.07. The molecule has 0 aliphatic carbocycles. The van der Waals surface area contributed by atoms with Crippen molar-refractivity contribution in [2.24, 2.45) is 0 Å². The van der Waals surface area contributed by atoms with Crippen LogP contribution >= 0.6 is 23.2 Å². The maximum absolute atomic E-state index is 13.9. The molecule has 0 spiro atoms. The van der Waals surface area contributed by atoms with Crippen molar-refractivity contribution >= 4 is 34.1 Å². The van der Waals surface area contributed by atoms with Gasteiger partial charge in [-0.25, -0.2) is 9.37 Å². The van der Waals surface area contributed by atoms with Crippen LogP contribution in [0.1, 0.15) is 0 Å². The van der Waals surface area contributed by atoms with E-state index in [4.69, 9.17) is 23.2 Å². The fourth-order valence-corrected chi connectivity index (χ4v) is 2.58. The van der Waals surface area contributed by atoms with E-state index in [-0.39, 0.29) is 5.52 Å². The van der Waals surface area contributed by atoms with Gasteiger partial charge in [-0.05, 0) is 18.2 Å². The summed E-state index contributed by atoms with van der Waals surface area (Å²) in [5.74, 6) is -0.431. The molecule has 3 rings (SSSR count). The Hall–Kier alpha value is -1.64. The van der Waals surface area contributed by atoms with Crippen LogP contribution in [-0.2, 0) is 0 Å². The predicted octanol–water partition coefficient (Wildman–Crippen LogP) is 5.35. The smallest absolute Gasteiger partial charge is 0.149 e. The highest BCUT2D eigenvalue weighted by Crippen LogP contribution is 2.33. The number of nitrogens with zero attached hydrogens (tertiary/aromatic N) is 1. The SMILES string of the molecule is Fc1ccc(Cl)c2c(Cl)cc(-c3ccccc3)nc12. The minimum atomic E-state index is -0.431. The summed E-state index contributed by atoms with van der Waals surface area (Å²) in [5.41, 5.74) is 1.70. The number of halogens is 3. The zero-order valence-electron chi connectivity index (χ0n) is 9.70. The summed E-state index contributed by atoms with van der Waals surface area (Å²) >= 11 is 12.2. The summed E-state index contributed by atoms with van der Waals surface area (Å²) in [6, 6.07) is 14.0. The third kappa shape index (κ3) is 2.18. The molecular weight excluding hydrogens is 284 g/mol. The topological polar surface area (TPSA) is 12.9 Å². The Balaban J connectivity index is 2.34. The van der Waals surface area contributed by atoms with E-state index in [2.05, 4.69) is 4.98 Å². The number of fused-ring (bicyclic) bond motifs is 1. The van der Waals surface area contributed by atoms with E-state index < -0.39 is 5.82 Å². The first kappa shape index (κ1) is 12.4. The van der Waals surface area contributed by atoms with Gasteiger partial charge in [0.2, 0.25) is 0 Å². The number of pyridine rings is 1. The summed E-state index contributed by atoms with van der Waals surface area (Å²) in [5, 5.41) is 1.24. The van der Waals surface area contributed by atoms with E-state index in [9.17, 15) is 4.39 Å². The van der Waals surface area contributed by atoms with Crippen molar-refractivity contribution < 1.29 is 4.39 Å². The second-order valence-corrected chi connectivity index (χ2v) is 4.92. The van der Waals surface area contributed by atoms with Crippen LogP contribution < -0.4 is 0 Å². The van der Waals surface area contributed by atoms with Gasteiger partial charge >= 0.3 is 0 Å². The Bertz CT molecular complexity index is 757. The van der Waals surface area contributed by atoms with Crippen LogP contribution in [0.3, 0.4) is 0 Å². The van der Waals surface area contributed by atoms with Gasteiger partial charge in [-0.15, -0.1) is 0 Å². The Morgan fingerprint density at radius 2 is 1.63 bits per heavy atom. The summed E-state index contributed by atoms with van der Waals surface area (Å²) in [6.07, 6.45) is 0. The van der Waals surface area contributed by atoms with E-state index in [0.717, 1.165) is 5.56 Å². The largest absolute Gasteiger partial charge is 0.245 e. The average Bonchev–Trinajstić information content (AvgIpc) is 2.43. The molecule has 1 heterocycles. The zero-order chi connectivity index (χ0) is 13.4. The van der Waals surface area contributed by atoms with Gasteiger partial charge < -0.3 is 0 Å². The number of aromatic nitrogens is 1. The van der Waals surface area contributed by atoms with E-state index in [1.807, 2.05) is 30.3 Å². The monoisotopic (exact) mass is 291 g/mol. The van der Waals surface area contributed by atoms with E-state index in [1.165, 1.54) is 12.1 Å². The minimum absolute atomic E-state index is 0.193. The van der Waals surface area contributed by atoms with Crippen LogP contribution in [0.4, 0.5) is 4.39 Å². The molecule has 0 fully saturated rings. The van der Waals surface area contributed by atoms with Crippen molar-refractivity contribution in [1.82, 2.24) is 4.98 Å². The molecule has 0 bridgehead atoms. The van der Waals surface area contributed by atoms with Crippen LogP contribution in [0.5, 0.6) is 0 Å². The molecule has 0 unspecified atom stereocenters. The maximum atomic E-state index is 13.9. The summed E-state index contributed by atoms with van der Waals surface area (Å²) < 4.78 is 13.9. The van der Waals surface area contributed by atoms with Crippen molar-refractivity contribution in [3.05, 3.63) is 64.4 Å². The average molecular weight is 292 g/mol. The van der Waals surface area contributed by atoms with Gasteiger partial charge in [0.15, 0.2) is 0 Å². The highest BCUT2D eigenvalue weighted by Gasteiger charge is 2.12. The molecule has 0 aliphatic rings. The van der Waals surface area contributed by atoms with Crippen LogP contribution in [0.2, 0.25) is 10.0 Å². The highest BCUT2D eigenvalue weighted by atomic mass is 35.5. The van der Waals surface area contributed by atoms with Gasteiger partial charge in [-0.2, -0.15) is 0 Å². The fraction of sp³-hybridized carbons (Fsp3) is 0. The van der Waals surface area contributed by atoms with Crippen LogP contribution in [-0.4, -0.2) is 4.98 Å². The van der Waals surface area contributed by atoms with Crippen molar-refractivity contribution in [2.45, 2.75) is 0 Å². The Morgan fingerprint density at radius 3 is 2.37 bits per heavy atom. The van der Waals surface area contributed by atoms with Crippen molar-refractivity contribution in [1.29, 1.82) is 0 Å². The van der Waals surface area contributed by atoms with Gasteiger partial charge in [-0.1, -0.05) is 53.5 Å². The lowest BCUT2D eigenvalue weighted by molar-refractivity contribution is 0.637. The molecule has 94 valence electrons. The third-order valence-corrected chi connectivity index (χ3v) is 3.49. The molecule has 3 aromatic rings. The second kappa shape index (κ2) is 4.80. The molecule has 0 N–H and O–H groups in total. The number of hydrogen-bond donors (Lipinski definition) is 0. The molecular formula is C15H8Cl2FN. The molecule has 0 atom stereocenters. The molecule has 1 nitrogen and oxygen atoms in total. The normalized spacial score (nSPS) is 10.9. The zero-order valence-corrected chi connectivity index (χ0v) is 11.2. The predicted molar refractivity (Wildman–Crippen MR) is 77.2 cm³/mol. The molecule has 0 saturated carbocycles. The van der Waals surface area contributed by atoms with Crippen molar-refractivity contribution in [2.75, 3.05) is 0 Å². The van der Waals surface area contributed by atoms with E-state index >= 15 is 0 Å². The molecule has 4 heteroatoms. The van der Waals surface area contributed by atoms with Crippen LogP contribution in [0.15, 0.2) is 48.5 Å². The summed E-state index contributed by atoms with van der Waals surface area (Å²) in [4.78, 5) is 4.32. The molecule has 19 heavy (non-hydrogen) atoms. The minimum Gasteiger partial charge on any atom is -0.245 e. The first-order valence-corrected chi connectivity index (χ1v) is 6.42. The van der Waals surface area contributed by atoms with Gasteiger partial charge in [0.25, 0.3) is 0 Å². The van der Waals surface area contributed by atoms with E-state index in [0.29, 0.717) is 21.1 Å². The van der Waals surface area contributed by atoms with Gasteiger partial charge in [0.1, 0.15) is 11.3 Å². The third-order valence-electron chi connectivity index (χ3n) is 2.88. The Morgan fingerprint density at radius 1 is 0.895 bits per heavy atom. The quantitative estimate of drug-likeness (QED) is 0.589. The summed E-state index contributed by atoms with van der Waals surface area (Å²) in [7, 11) is 0. The van der Waals surface area contributed by atoms with E-state index in [1.54, 1.807) is 6.07 Å². The lowest BCUT2D eigenvalue weighted by atomic mass is 10.1. The number of rotatable bonds is 1. The fourth-order valence-electron chi connectivity index (χ4n) is 1.98. The molecule has 0 amide bonds. The van der Waals surface area contributed by atoms with Crippen LogP contribution in [0.25, 0.3) is 22.2 Å². The van der Waals surface area contributed by atoms with Gasteiger partial charge in [-0.3, -0.25) is 0 Å². The lowest BCUT2D eigenvalue weighted by Crippen LogP contribution is -1.90. The summed E-state index contributed by atoms with van der Waals surface area (Å²) in [6.45, 7) is 0. The van der Waals surface area contributed by atoms with Crippen molar-refractivity contribution in [3.63, 3.8) is 0 Å². The highest BCUT2D eigenvalue weighted by molar-refractivity contribution is 6.42. The standard InChI is InChI=1S/C15H8Cl2FN/c16-10-6-7-12(18)15-14(10)11(17)8-13(19-15)9-4-2-1-3-5-9/h1-8H. The first-order chi connectivity index (χ1) is 9.16.